The zero-order valence-corrected chi connectivity index (χ0v) is 10.0. The molecule has 88 valence electrons. The number of nitrogens with one attached hydrogen (secondary N) is 1. The van der Waals surface area contributed by atoms with E-state index >= 15 is 0 Å². The molecule has 16 heavy (non-hydrogen) atoms. The number of ether oxygens (including phenoxy) is 1. The highest BCUT2D eigenvalue weighted by molar-refractivity contribution is 5.92. The van der Waals surface area contributed by atoms with E-state index in [1.165, 1.54) is 0 Å². The Hall–Kier alpha value is -1.71. The normalized spacial score (nSPS) is 11.6. The Morgan fingerprint density at radius 1 is 1.38 bits per heavy atom. The first-order chi connectivity index (χ1) is 7.61. The van der Waals surface area contributed by atoms with Gasteiger partial charge in [0, 0.05) is 11.7 Å². The summed E-state index contributed by atoms with van der Waals surface area (Å²) >= 11 is 0. The fourth-order valence-corrected chi connectivity index (χ4v) is 1.26. The van der Waals surface area contributed by atoms with Crippen molar-refractivity contribution >= 4 is 11.6 Å². The predicted molar refractivity (Wildman–Crippen MR) is 68.0 cm³/mol. The van der Waals surface area contributed by atoms with Gasteiger partial charge in [-0.15, -0.1) is 0 Å². The second-order valence-electron chi connectivity index (χ2n) is 3.69. The van der Waals surface area contributed by atoms with Crippen molar-refractivity contribution in [2.75, 3.05) is 11.9 Å². The Bertz CT molecular complexity index is 344. The molecule has 0 aliphatic rings. The summed E-state index contributed by atoms with van der Waals surface area (Å²) in [5.74, 6) is 1.28. The van der Waals surface area contributed by atoms with Crippen molar-refractivity contribution in [1.29, 1.82) is 0 Å². The lowest BCUT2D eigenvalue weighted by atomic mass is 10.3. The van der Waals surface area contributed by atoms with Crippen molar-refractivity contribution in [2.24, 2.45) is 10.7 Å². The number of hydrogen-bond acceptors (Lipinski definition) is 2. The molecular weight excluding hydrogens is 202 g/mol. The molecule has 0 aliphatic carbocycles. The highest BCUT2D eigenvalue weighted by Gasteiger charge is 1.97. The number of nitrogens with zero attached hydrogens (tertiary/aromatic N) is 1. The van der Waals surface area contributed by atoms with Gasteiger partial charge in [0.25, 0.3) is 0 Å². The quantitative estimate of drug-likeness (QED) is 0.605. The second-order valence-corrected chi connectivity index (χ2v) is 3.69. The topological polar surface area (TPSA) is 59.6 Å². The zero-order valence-electron chi connectivity index (χ0n) is 10.0. The Kier molecular flexibility index (Phi) is 4.64. The number of nitrogens with two attached hydrogens (primary N) is 1. The molecule has 1 rings (SSSR count). The van der Waals surface area contributed by atoms with Crippen LogP contribution in [0.1, 0.15) is 20.8 Å². The summed E-state index contributed by atoms with van der Waals surface area (Å²) in [5, 5.41) is 3.01. The molecule has 0 unspecified atom stereocenters. The zero-order chi connectivity index (χ0) is 12.0. The van der Waals surface area contributed by atoms with E-state index in [4.69, 9.17) is 10.5 Å². The van der Waals surface area contributed by atoms with Crippen molar-refractivity contribution in [3.05, 3.63) is 24.3 Å². The molecule has 0 radical (unpaired) electrons. The van der Waals surface area contributed by atoms with E-state index in [0.29, 0.717) is 12.6 Å². The van der Waals surface area contributed by atoms with Gasteiger partial charge >= 0.3 is 0 Å². The smallest absolute Gasteiger partial charge is 0.193 e. The lowest BCUT2D eigenvalue weighted by Crippen LogP contribution is -2.23. The van der Waals surface area contributed by atoms with Crippen LogP contribution >= 0.6 is 0 Å². The predicted octanol–water partition coefficient (Wildman–Crippen LogP) is 2.22. The molecule has 1 aromatic carbocycles. The Morgan fingerprint density at radius 3 is 2.50 bits per heavy atom. The SMILES string of the molecule is CCOc1ccc(NC(N)=NC(C)C)cc1. The number of rotatable bonds is 4. The van der Waals surface area contributed by atoms with Crippen LogP contribution in [0.4, 0.5) is 5.69 Å². The van der Waals surface area contributed by atoms with Gasteiger partial charge in [0.1, 0.15) is 5.75 Å². The summed E-state index contributed by atoms with van der Waals surface area (Å²) in [4.78, 5) is 4.18. The minimum absolute atomic E-state index is 0.190. The van der Waals surface area contributed by atoms with Crippen LogP contribution in [0, 0.1) is 0 Å². The molecule has 0 aliphatic heterocycles. The van der Waals surface area contributed by atoms with Crippen LogP contribution in [0.2, 0.25) is 0 Å². The minimum Gasteiger partial charge on any atom is -0.494 e. The summed E-state index contributed by atoms with van der Waals surface area (Å²) in [7, 11) is 0. The van der Waals surface area contributed by atoms with E-state index in [9.17, 15) is 0 Å². The number of hydrogen-bond donors (Lipinski definition) is 2. The van der Waals surface area contributed by atoms with Crippen LogP contribution < -0.4 is 15.8 Å². The van der Waals surface area contributed by atoms with Gasteiger partial charge in [0.15, 0.2) is 5.96 Å². The molecule has 0 fully saturated rings. The molecule has 0 saturated carbocycles. The summed E-state index contributed by atoms with van der Waals surface area (Å²) in [5.41, 5.74) is 6.62. The largest absolute Gasteiger partial charge is 0.494 e. The maximum absolute atomic E-state index is 5.71. The molecule has 3 N–H and O–H groups in total. The van der Waals surface area contributed by atoms with E-state index in [-0.39, 0.29) is 6.04 Å². The molecule has 0 atom stereocenters. The van der Waals surface area contributed by atoms with Gasteiger partial charge in [-0.2, -0.15) is 0 Å². The summed E-state index contributed by atoms with van der Waals surface area (Å²) in [6.45, 7) is 6.59. The Balaban J connectivity index is 2.61. The van der Waals surface area contributed by atoms with Crippen molar-refractivity contribution in [3.63, 3.8) is 0 Å². The molecule has 1 aromatic rings. The molecule has 0 spiro atoms. The first-order valence-electron chi connectivity index (χ1n) is 5.45. The minimum atomic E-state index is 0.190. The monoisotopic (exact) mass is 221 g/mol. The van der Waals surface area contributed by atoms with Crippen molar-refractivity contribution in [1.82, 2.24) is 0 Å². The molecule has 0 saturated heterocycles. The maximum atomic E-state index is 5.71. The standard InChI is InChI=1S/C12H19N3O/c1-4-16-11-7-5-10(6-8-11)15-12(13)14-9(2)3/h5-9H,4H2,1-3H3,(H3,13,14,15). The van der Waals surface area contributed by atoms with Crippen LogP contribution in [-0.2, 0) is 0 Å². The highest BCUT2D eigenvalue weighted by Crippen LogP contribution is 2.15. The summed E-state index contributed by atoms with van der Waals surface area (Å²) < 4.78 is 5.34. The maximum Gasteiger partial charge on any atom is 0.193 e. The third kappa shape index (κ3) is 4.21. The molecule has 0 amide bonds. The van der Waals surface area contributed by atoms with Crippen molar-refractivity contribution < 1.29 is 4.74 Å². The van der Waals surface area contributed by atoms with Gasteiger partial charge in [0.2, 0.25) is 0 Å². The van der Waals surface area contributed by atoms with Crippen LogP contribution in [0.5, 0.6) is 5.75 Å². The lowest BCUT2D eigenvalue weighted by molar-refractivity contribution is 0.340. The van der Waals surface area contributed by atoms with Gasteiger partial charge in [-0.3, -0.25) is 4.99 Å². The van der Waals surface area contributed by atoms with Crippen LogP contribution in [0.3, 0.4) is 0 Å². The van der Waals surface area contributed by atoms with Gasteiger partial charge in [0.05, 0.1) is 6.61 Å². The second kappa shape index (κ2) is 6.00. The van der Waals surface area contributed by atoms with Crippen LogP contribution in [0.25, 0.3) is 0 Å². The van der Waals surface area contributed by atoms with E-state index in [1.807, 2.05) is 45.0 Å². The Morgan fingerprint density at radius 2 is 2.00 bits per heavy atom. The number of benzene rings is 1. The molecule has 0 heterocycles. The van der Waals surface area contributed by atoms with Crippen molar-refractivity contribution in [2.45, 2.75) is 26.8 Å². The van der Waals surface area contributed by atoms with E-state index in [0.717, 1.165) is 11.4 Å². The number of aliphatic imine (C=N–C) groups is 1. The average molecular weight is 221 g/mol. The average Bonchev–Trinajstić information content (AvgIpc) is 2.20. The van der Waals surface area contributed by atoms with E-state index < -0.39 is 0 Å². The highest BCUT2D eigenvalue weighted by atomic mass is 16.5. The van der Waals surface area contributed by atoms with Crippen molar-refractivity contribution in [3.8, 4) is 5.75 Å². The molecule has 0 aromatic heterocycles. The Labute approximate surface area is 96.5 Å². The first kappa shape index (κ1) is 12.4. The van der Waals surface area contributed by atoms with E-state index in [2.05, 4.69) is 10.3 Å². The first-order valence-corrected chi connectivity index (χ1v) is 5.45. The van der Waals surface area contributed by atoms with Gasteiger partial charge in [-0.1, -0.05) is 0 Å². The third-order valence-corrected chi connectivity index (χ3v) is 1.84. The van der Waals surface area contributed by atoms with Crippen LogP contribution in [0.15, 0.2) is 29.3 Å². The molecular formula is C12H19N3O. The fourth-order valence-electron chi connectivity index (χ4n) is 1.26. The fraction of sp³-hybridized carbons (Fsp3) is 0.417. The molecule has 4 nitrogen and oxygen atoms in total. The van der Waals surface area contributed by atoms with Crippen LogP contribution in [-0.4, -0.2) is 18.6 Å². The van der Waals surface area contributed by atoms with Gasteiger partial charge in [-0.25, -0.2) is 0 Å². The van der Waals surface area contributed by atoms with Gasteiger partial charge in [-0.05, 0) is 45.0 Å². The van der Waals surface area contributed by atoms with Gasteiger partial charge < -0.3 is 15.8 Å². The number of guanidine groups is 1. The number of anilines is 1. The molecule has 4 heteroatoms. The lowest BCUT2D eigenvalue weighted by Gasteiger charge is -2.08. The van der Waals surface area contributed by atoms with E-state index in [1.54, 1.807) is 0 Å². The molecule has 0 bridgehead atoms. The third-order valence-electron chi connectivity index (χ3n) is 1.84. The summed E-state index contributed by atoms with van der Waals surface area (Å²) in [6.07, 6.45) is 0. The summed E-state index contributed by atoms with van der Waals surface area (Å²) in [6, 6.07) is 7.81.